The molecule has 86 valence electrons. The lowest BCUT2D eigenvalue weighted by Gasteiger charge is -2.40. The van der Waals surface area contributed by atoms with Crippen LogP contribution in [0.15, 0.2) is 12.1 Å². The molecular formula is C13H17NO2. The van der Waals surface area contributed by atoms with Crippen molar-refractivity contribution in [2.75, 3.05) is 13.2 Å². The fraction of sp³-hybridized carbons (Fsp3) is 0.462. The second-order valence-corrected chi connectivity index (χ2v) is 4.71. The summed E-state index contributed by atoms with van der Waals surface area (Å²) in [6, 6.07) is 4.18. The van der Waals surface area contributed by atoms with E-state index in [0.29, 0.717) is 13.2 Å². The largest absolute Gasteiger partial charge is 0.378 e. The van der Waals surface area contributed by atoms with Crippen LogP contribution >= 0.6 is 0 Å². The van der Waals surface area contributed by atoms with Gasteiger partial charge in [0.25, 0.3) is 0 Å². The van der Waals surface area contributed by atoms with Crippen LogP contribution in [0.25, 0.3) is 0 Å². The lowest BCUT2D eigenvalue weighted by atomic mass is 9.73. The monoisotopic (exact) mass is 219 g/mol. The van der Waals surface area contributed by atoms with Crippen LogP contribution in [-0.4, -0.2) is 19.1 Å². The number of rotatable bonds is 2. The average Bonchev–Trinajstić information content (AvgIpc) is 2.06. The van der Waals surface area contributed by atoms with E-state index in [9.17, 15) is 4.79 Å². The van der Waals surface area contributed by atoms with E-state index < -0.39 is 5.41 Å². The molecule has 2 N–H and O–H groups in total. The number of primary amides is 1. The predicted molar refractivity (Wildman–Crippen MR) is 62.3 cm³/mol. The van der Waals surface area contributed by atoms with Gasteiger partial charge in [0.05, 0.1) is 13.2 Å². The van der Waals surface area contributed by atoms with Gasteiger partial charge in [-0.3, -0.25) is 4.79 Å². The van der Waals surface area contributed by atoms with Gasteiger partial charge in [0.2, 0.25) is 5.91 Å². The second-order valence-electron chi connectivity index (χ2n) is 4.71. The SMILES string of the molecule is Cc1cc(C)c(C2(C(N)=O)COC2)c(C)c1. The molecule has 1 heterocycles. The fourth-order valence-corrected chi connectivity index (χ4v) is 2.65. The zero-order chi connectivity index (χ0) is 11.9. The molecule has 1 aliphatic rings. The zero-order valence-corrected chi connectivity index (χ0v) is 9.96. The number of carbonyl (C=O) groups is 1. The minimum atomic E-state index is -0.595. The Morgan fingerprint density at radius 2 is 1.75 bits per heavy atom. The van der Waals surface area contributed by atoms with Gasteiger partial charge in [-0.05, 0) is 37.5 Å². The van der Waals surface area contributed by atoms with Gasteiger partial charge >= 0.3 is 0 Å². The summed E-state index contributed by atoms with van der Waals surface area (Å²) >= 11 is 0. The van der Waals surface area contributed by atoms with Crippen molar-refractivity contribution in [1.82, 2.24) is 0 Å². The molecule has 0 unspecified atom stereocenters. The smallest absolute Gasteiger partial charge is 0.232 e. The molecule has 1 amide bonds. The summed E-state index contributed by atoms with van der Waals surface area (Å²) in [5.41, 5.74) is 9.44. The van der Waals surface area contributed by atoms with Crippen molar-refractivity contribution in [2.45, 2.75) is 26.2 Å². The molecule has 0 saturated carbocycles. The highest BCUT2D eigenvalue weighted by molar-refractivity contribution is 5.89. The molecule has 3 heteroatoms. The molecule has 0 aliphatic carbocycles. The average molecular weight is 219 g/mol. The molecule has 1 saturated heterocycles. The number of hydrogen-bond acceptors (Lipinski definition) is 2. The standard InChI is InChI=1S/C13H17NO2/c1-8-4-9(2)11(10(3)5-8)13(12(14)15)6-16-7-13/h4-5H,6-7H2,1-3H3,(H2,14,15). The first-order valence-electron chi connectivity index (χ1n) is 5.43. The van der Waals surface area contributed by atoms with Crippen molar-refractivity contribution in [3.8, 4) is 0 Å². The molecule has 0 bridgehead atoms. The Hall–Kier alpha value is -1.35. The first-order chi connectivity index (χ1) is 7.47. The summed E-state index contributed by atoms with van der Waals surface area (Å²) in [5.74, 6) is -0.284. The highest BCUT2D eigenvalue weighted by Crippen LogP contribution is 2.36. The van der Waals surface area contributed by atoms with Gasteiger partial charge in [0.15, 0.2) is 0 Å². The van der Waals surface area contributed by atoms with E-state index in [1.807, 2.05) is 13.8 Å². The molecule has 16 heavy (non-hydrogen) atoms. The Labute approximate surface area is 95.6 Å². The lowest BCUT2D eigenvalue weighted by molar-refractivity contribution is -0.141. The van der Waals surface area contributed by atoms with E-state index in [2.05, 4.69) is 19.1 Å². The van der Waals surface area contributed by atoms with Crippen molar-refractivity contribution in [3.63, 3.8) is 0 Å². The second kappa shape index (κ2) is 3.59. The first kappa shape index (κ1) is 11.1. The Morgan fingerprint density at radius 1 is 1.25 bits per heavy atom. The van der Waals surface area contributed by atoms with Gasteiger partial charge in [-0.15, -0.1) is 0 Å². The third kappa shape index (κ3) is 1.43. The van der Waals surface area contributed by atoms with Gasteiger partial charge in [0, 0.05) is 0 Å². The Bertz CT molecular complexity index is 424. The Kier molecular flexibility index (Phi) is 2.50. The van der Waals surface area contributed by atoms with Crippen LogP contribution in [-0.2, 0) is 14.9 Å². The van der Waals surface area contributed by atoms with Crippen molar-refractivity contribution in [1.29, 1.82) is 0 Å². The van der Waals surface area contributed by atoms with Crippen LogP contribution in [0.5, 0.6) is 0 Å². The van der Waals surface area contributed by atoms with Crippen LogP contribution in [0.2, 0.25) is 0 Å². The summed E-state index contributed by atoms with van der Waals surface area (Å²) in [7, 11) is 0. The minimum Gasteiger partial charge on any atom is -0.378 e. The molecule has 1 aliphatic heterocycles. The number of nitrogens with two attached hydrogens (primary N) is 1. The van der Waals surface area contributed by atoms with Crippen LogP contribution < -0.4 is 5.73 Å². The Morgan fingerprint density at radius 3 is 2.06 bits per heavy atom. The van der Waals surface area contributed by atoms with Crippen molar-refractivity contribution < 1.29 is 9.53 Å². The number of carbonyl (C=O) groups excluding carboxylic acids is 1. The van der Waals surface area contributed by atoms with Crippen LogP contribution in [0.4, 0.5) is 0 Å². The van der Waals surface area contributed by atoms with E-state index in [0.717, 1.165) is 16.7 Å². The van der Waals surface area contributed by atoms with Gasteiger partial charge in [-0.2, -0.15) is 0 Å². The Balaban J connectivity index is 2.59. The third-order valence-corrected chi connectivity index (χ3v) is 3.32. The van der Waals surface area contributed by atoms with E-state index in [1.54, 1.807) is 0 Å². The maximum Gasteiger partial charge on any atom is 0.232 e. The number of amides is 1. The summed E-state index contributed by atoms with van der Waals surface area (Å²) in [5, 5.41) is 0. The topological polar surface area (TPSA) is 52.3 Å². The van der Waals surface area contributed by atoms with Gasteiger partial charge in [0.1, 0.15) is 5.41 Å². The lowest BCUT2D eigenvalue weighted by Crippen LogP contribution is -2.56. The molecule has 3 nitrogen and oxygen atoms in total. The molecule has 1 aromatic carbocycles. The number of aryl methyl sites for hydroxylation is 3. The number of benzene rings is 1. The third-order valence-electron chi connectivity index (χ3n) is 3.32. The first-order valence-corrected chi connectivity index (χ1v) is 5.43. The number of hydrogen-bond donors (Lipinski definition) is 1. The van der Waals surface area contributed by atoms with E-state index in [4.69, 9.17) is 10.5 Å². The maximum absolute atomic E-state index is 11.6. The zero-order valence-electron chi connectivity index (χ0n) is 9.96. The van der Waals surface area contributed by atoms with Crippen LogP contribution in [0.3, 0.4) is 0 Å². The highest BCUT2D eigenvalue weighted by Gasteiger charge is 2.47. The van der Waals surface area contributed by atoms with Crippen LogP contribution in [0, 0.1) is 20.8 Å². The van der Waals surface area contributed by atoms with Gasteiger partial charge < -0.3 is 10.5 Å². The molecule has 0 spiro atoms. The summed E-state index contributed by atoms with van der Waals surface area (Å²) < 4.78 is 5.19. The normalized spacial score (nSPS) is 17.9. The molecule has 0 aromatic heterocycles. The van der Waals surface area contributed by atoms with Crippen molar-refractivity contribution in [2.24, 2.45) is 5.73 Å². The predicted octanol–water partition coefficient (Wildman–Crippen LogP) is 1.37. The summed E-state index contributed by atoms with van der Waals surface area (Å²) in [4.78, 5) is 11.6. The summed E-state index contributed by atoms with van der Waals surface area (Å²) in [6.07, 6.45) is 0. The van der Waals surface area contributed by atoms with E-state index >= 15 is 0 Å². The molecule has 1 aromatic rings. The van der Waals surface area contributed by atoms with Gasteiger partial charge in [-0.25, -0.2) is 0 Å². The molecule has 2 rings (SSSR count). The molecule has 1 fully saturated rings. The maximum atomic E-state index is 11.6. The number of ether oxygens (including phenoxy) is 1. The quantitative estimate of drug-likeness (QED) is 0.816. The van der Waals surface area contributed by atoms with E-state index in [1.165, 1.54) is 5.56 Å². The van der Waals surface area contributed by atoms with Gasteiger partial charge in [-0.1, -0.05) is 17.7 Å². The van der Waals surface area contributed by atoms with Crippen molar-refractivity contribution >= 4 is 5.91 Å². The summed E-state index contributed by atoms with van der Waals surface area (Å²) in [6.45, 7) is 6.93. The molecular weight excluding hydrogens is 202 g/mol. The molecule has 0 radical (unpaired) electrons. The minimum absolute atomic E-state index is 0.284. The molecule has 0 atom stereocenters. The fourth-order valence-electron chi connectivity index (χ4n) is 2.65. The van der Waals surface area contributed by atoms with Crippen molar-refractivity contribution in [3.05, 3.63) is 34.4 Å². The van der Waals surface area contributed by atoms with Crippen LogP contribution in [0.1, 0.15) is 22.3 Å². The van der Waals surface area contributed by atoms with E-state index in [-0.39, 0.29) is 5.91 Å². The highest BCUT2D eigenvalue weighted by atomic mass is 16.5.